The van der Waals surface area contributed by atoms with Gasteiger partial charge in [0.05, 0.1) is 18.5 Å². The molecular formula is C18H14FN3O4. The molecule has 1 fully saturated rings. The Balaban J connectivity index is 1.87. The van der Waals surface area contributed by atoms with Crippen LogP contribution >= 0.6 is 0 Å². The Morgan fingerprint density at radius 1 is 1.12 bits per heavy atom. The van der Waals surface area contributed by atoms with Gasteiger partial charge in [0.15, 0.2) is 5.92 Å². The lowest BCUT2D eigenvalue weighted by Crippen LogP contribution is -2.58. The van der Waals surface area contributed by atoms with Crippen LogP contribution in [0.1, 0.15) is 0 Å². The van der Waals surface area contributed by atoms with Gasteiger partial charge in [-0.2, -0.15) is 0 Å². The number of anilines is 1. The Labute approximate surface area is 148 Å². The number of para-hydroxylation sites is 1. The smallest absolute Gasteiger partial charge is 0.335 e. The number of benzene rings is 2. The van der Waals surface area contributed by atoms with Gasteiger partial charge < -0.3 is 4.74 Å². The van der Waals surface area contributed by atoms with Gasteiger partial charge in [-0.25, -0.2) is 14.1 Å². The zero-order valence-electron chi connectivity index (χ0n) is 13.7. The number of hydrogen-bond donors (Lipinski definition) is 1. The van der Waals surface area contributed by atoms with E-state index in [1.807, 2.05) is 5.32 Å². The summed E-state index contributed by atoms with van der Waals surface area (Å²) in [5.41, 5.74) is 0.256. The highest BCUT2D eigenvalue weighted by Gasteiger charge is 2.41. The lowest BCUT2D eigenvalue weighted by molar-refractivity contribution is -0.131. The molecule has 0 aliphatic carbocycles. The number of amides is 4. The Kier molecular flexibility index (Phi) is 4.74. The number of nitrogens with zero attached hydrogens (tertiary/aromatic N) is 2. The number of rotatable bonds is 4. The fraction of sp³-hybridized carbons (Fsp3) is 0.111. The Morgan fingerprint density at radius 3 is 2.46 bits per heavy atom. The SMILES string of the molecule is COc1ccc(N=C[C@@H]2C(=O)NC(=O)N(c3ccccc3F)C2=O)cc1. The molecule has 132 valence electrons. The van der Waals surface area contributed by atoms with Crippen molar-refractivity contribution >= 4 is 35.4 Å². The van der Waals surface area contributed by atoms with Crippen molar-refractivity contribution in [1.82, 2.24) is 5.32 Å². The maximum absolute atomic E-state index is 14.0. The minimum absolute atomic E-state index is 0.231. The van der Waals surface area contributed by atoms with E-state index in [0.717, 1.165) is 12.3 Å². The van der Waals surface area contributed by atoms with Crippen molar-refractivity contribution in [2.24, 2.45) is 10.9 Å². The molecule has 1 heterocycles. The molecule has 3 rings (SSSR count). The van der Waals surface area contributed by atoms with Gasteiger partial charge in [0.25, 0.3) is 5.91 Å². The molecule has 26 heavy (non-hydrogen) atoms. The van der Waals surface area contributed by atoms with Crippen LogP contribution in [0.25, 0.3) is 0 Å². The number of carbonyl (C=O) groups excluding carboxylic acids is 3. The molecule has 1 aliphatic heterocycles. The number of nitrogens with one attached hydrogen (secondary N) is 1. The first-order chi connectivity index (χ1) is 12.5. The van der Waals surface area contributed by atoms with Crippen molar-refractivity contribution < 1.29 is 23.5 Å². The van der Waals surface area contributed by atoms with Crippen LogP contribution in [0.4, 0.5) is 20.6 Å². The minimum Gasteiger partial charge on any atom is -0.497 e. The molecule has 0 spiro atoms. The summed E-state index contributed by atoms with van der Waals surface area (Å²) < 4.78 is 19.0. The monoisotopic (exact) mass is 355 g/mol. The maximum atomic E-state index is 14.0. The zero-order valence-corrected chi connectivity index (χ0v) is 13.7. The number of urea groups is 1. The predicted molar refractivity (Wildman–Crippen MR) is 92.1 cm³/mol. The summed E-state index contributed by atoms with van der Waals surface area (Å²) in [6.07, 6.45) is 1.12. The zero-order chi connectivity index (χ0) is 18.7. The topological polar surface area (TPSA) is 88.1 Å². The normalized spacial score (nSPS) is 17.5. The van der Waals surface area contributed by atoms with Gasteiger partial charge in [-0.05, 0) is 36.4 Å². The summed E-state index contributed by atoms with van der Waals surface area (Å²) in [6.45, 7) is 0. The average molecular weight is 355 g/mol. The molecule has 4 amide bonds. The quantitative estimate of drug-likeness (QED) is 0.674. The Hall–Kier alpha value is -3.55. The van der Waals surface area contributed by atoms with Crippen LogP contribution in [0.15, 0.2) is 53.5 Å². The molecule has 1 saturated heterocycles. The van der Waals surface area contributed by atoms with Gasteiger partial charge in [0.2, 0.25) is 5.91 Å². The Bertz CT molecular complexity index is 896. The van der Waals surface area contributed by atoms with Crippen LogP contribution in [0.3, 0.4) is 0 Å². The standard InChI is InChI=1S/C18H14FN3O4/c1-26-12-8-6-11(7-9-12)20-10-13-16(23)21-18(25)22(17(13)24)15-5-3-2-4-14(15)19/h2-10,13H,1H3,(H,21,23,25)/t13-/m1/s1. The molecule has 0 radical (unpaired) electrons. The molecule has 2 aromatic carbocycles. The van der Waals surface area contributed by atoms with Crippen LogP contribution in [-0.4, -0.2) is 31.2 Å². The Morgan fingerprint density at radius 2 is 1.81 bits per heavy atom. The molecule has 7 nitrogen and oxygen atoms in total. The van der Waals surface area contributed by atoms with Crippen molar-refractivity contribution in [3.63, 3.8) is 0 Å². The number of methoxy groups -OCH3 is 1. The number of aliphatic imine (C=N–C) groups is 1. The number of carbonyl (C=O) groups is 3. The molecular weight excluding hydrogens is 341 g/mol. The predicted octanol–water partition coefficient (Wildman–Crippen LogP) is 2.44. The second-order valence-electron chi connectivity index (χ2n) is 5.37. The molecule has 0 unspecified atom stereocenters. The first-order valence-electron chi connectivity index (χ1n) is 7.63. The fourth-order valence-electron chi connectivity index (χ4n) is 2.41. The number of ether oxygens (including phenoxy) is 1. The minimum atomic E-state index is -1.35. The number of barbiturate groups is 1. The van der Waals surface area contributed by atoms with Crippen LogP contribution in [0, 0.1) is 11.7 Å². The van der Waals surface area contributed by atoms with Gasteiger partial charge in [-0.1, -0.05) is 12.1 Å². The third-order valence-electron chi connectivity index (χ3n) is 3.74. The van der Waals surface area contributed by atoms with E-state index < -0.39 is 29.6 Å². The fourth-order valence-corrected chi connectivity index (χ4v) is 2.41. The van der Waals surface area contributed by atoms with Crippen LogP contribution in [0.5, 0.6) is 5.75 Å². The summed E-state index contributed by atoms with van der Waals surface area (Å²) in [6, 6.07) is 10.9. The number of halogens is 1. The van der Waals surface area contributed by atoms with Gasteiger partial charge in [0.1, 0.15) is 11.6 Å². The largest absolute Gasteiger partial charge is 0.497 e. The van der Waals surface area contributed by atoms with E-state index in [2.05, 4.69) is 4.99 Å². The van der Waals surface area contributed by atoms with Gasteiger partial charge in [0, 0.05) is 6.21 Å². The van der Waals surface area contributed by atoms with Crippen molar-refractivity contribution in [2.45, 2.75) is 0 Å². The van der Waals surface area contributed by atoms with E-state index in [1.165, 1.54) is 25.3 Å². The summed E-state index contributed by atoms with van der Waals surface area (Å²) in [5, 5.41) is 2.04. The van der Waals surface area contributed by atoms with Crippen molar-refractivity contribution in [2.75, 3.05) is 12.0 Å². The summed E-state index contributed by atoms with van der Waals surface area (Å²) in [5.74, 6) is -3.16. The van der Waals surface area contributed by atoms with Gasteiger partial charge in [-0.3, -0.25) is 19.9 Å². The lowest BCUT2D eigenvalue weighted by atomic mass is 10.1. The van der Waals surface area contributed by atoms with Crippen molar-refractivity contribution in [3.8, 4) is 5.75 Å². The first-order valence-corrected chi connectivity index (χ1v) is 7.63. The number of imide groups is 2. The third kappa shape index (κ3) is 3.30. The van der Waals surface area contributed by atoms with E-state index >= 15 is 0 Å². The summed E-state index contributed by atoms with van der Waals surface area (Å²) in [7, 11) is 1.53. The molecule has 0 aromatic heterocycles. The van der Waals surface area contributed by atoms with Gasteiger partial charge >= 0.3 is 6.03 Å². The van der Waals surface area contributed by atoms with Crippen LogP contribution in [-0.2, 0) is 9.59 Å². The van der Waals surface area contributed by atoms with Crippen LogP contribution in [0.2, 0.25) is 0 Å². The molecule has 0 saturated carbocycles. The van der Waals surface area contributed by atoms with E-state index in [4.69, 9.17) is 4.74 Å². The van der Waals surface area contributed by atoms with E-state index in [0.29, 0.717) is 16.3 Å². The van der Waals surface area contributed by atoms with Crippen molar-refractivity contribution in [3.05, 3.63) is 54.3 Å². The summed E-state index contributed by atoms with van der Waals surface area (Å²) in [4.78, 5) is 41.3. The van der Waals surface area contributed by atoms with Crippen molar-refractivity contribution in [1.29, 1.82) is 0 Å². The average Bonchev–Trinajstić information content (AvgIpc) is 2.63. The highest BCUT2D eigenvalue weighted by molar-refractivity contribution is 6.32. The second-order valence-corrected chi connectivity index (χ2v) is 5.37. The number of hydrogen-bond acceptors (Lipinski definition) is 5. The van der Waals surface area contributed by atoms with E-state index in [9.17, 15) is 18.8 Å². The first kappa shape index (κ1) is 17.3. The van der Waals surface area contributed by atoms with Crippen LogP contribution < -0.4 is 15.0 Å². The molecule has 2 aromatic rings. The molecule has 8 heteroatoms. The van der Waals surface area contributed by atoms with Gasteiger partial charge in [-0.15, -0.1) is 0 Å². The molecule has 1 atom stereocenters. The second kappa shape index (κ2) is 7.14. The highest BCUT2D eigenvalue weighted by atomic mass is 19.1. The summed E-state index contributed by atoms with van der Waals surface area (Å²) >= 11 is 0. The van der Waals surface area contributed by atoms with E-state index in [-0.39, 0.29) is 5.69 Å². The van der Waals surface area contributed by atoms with E-state index in [1.54, 1.807) is 24.3 Å². The lowest BCUT2D eigenvalue weighted by Gasteiger charge is -2.28. The molecule has 1 aliphatic rings. The molecule has 0 bridgehead atoms. The maximum Gasteiger partial charge on any atom is 0.335 e. The molecule has 1 N–H and O–H groups in total. The third-order valence-corrected chi connectivity index (χ3v) is 3.74. The highest BCUT2D eigenvalue weighted by Crippen LogP contribution is 2.24.